The quantitative estimate of drug-likeness (QED) is 0.491. The Morgan fingerprint density at radius 3 is 2.26 bits per heavy atom. The molecular formula is C25H22Cl2N4O3. The number of methoxy groups -OCH3 is 1. The summed E-state index contributed by atoms with van der Waals surface area (Å²) >= 11 is 12.1. The smallest absolute Gasteiger partial charge is 0.257 e. The minimum atomic E-state index is -0.462. The maximum atomic E-state index is 13.1. The summed E-state index contributed by atoms with van der Waals surface area (Å²) in [5.41, 5.74) is 2.27. The van der Waals surface area contributed by atoms with Crippen LogP contribution in [0.5, 0.6) is 5.75 Å². The number of benzene rings is 3. The molecule has 0 aromatic heterocycles. The van der Waals surface area contributed by atoms with Crippen molar-refractivity contribution in [2.24, 2.45) is 4.99 Å². The summed E-state index contributed by atoms with van der Waals surface area (Å²) in [6.07, 6.45) is 0. The van der Waals surface area contributed by atoms with Gasteiger partial charge in [-0.1, -0.05) is 35.3 Å². The van der Waals surface area contributed by atoms with Crippen molar-refractivity contribution in [1.29, 1.82) is 0 Å². The summed E-state index contributed by atoms with van der Waals surface area (Å²) in [5.74, 6) is 0.304. The van der Waals surface area contributed by atoms with Crippen molar-refractivity contribution in [3.8, 4) is 5.75 Å². The first-order valence-electron chi connectivity index (χ1n) is 10.5. The molecule has 1 aliphatic rings. The van der Waals surface area contributed by atoms with Gasteiger partial charge in [-0.25, -0.2) is 0 Å². The Balaban J connectivity index is 1.59. The Kier molecular flexibility index (Phi) is 7.05. The molecule has 0 saturated heterocycles. The van der Waals surface area contributed by atoms with E-state index in [0.29, 0.717) is 21.3 Å². The summed E-state index contributed by atoms with van der Waals surface area (Å²) < 4.78 is 5.40. The molecule has 4 rings (SSSR count). The molecule has 0 fully saturated rings. The lowest BCUT2D eigenvalue weighted by molar-refractivity contribution is 0.102. The van der Waals surface area contributed by atoms with Gasteiger partial charge in [0.2, 0.25) is 0 Å². The lowest BCUT2D eigenvalue weighted by Gasteiger charge is -2.16. The van der Waals surface area contributed by atoms with Crippen LogP contribution in [0.1, 0.15) is 26.3 Å². The molecule has 9 heteroatoms. The Morgan fingerprint density at radius 2 is 1.65 bits per heavy atom. The van der Waals surface area contributed by atoms with Crippen LogP contribution in [0.4, 0.5) is 11.4 Å². The second-order valence-electron chi connectivity index (χ2n) is 7.65. The number of nitrogens with one attached hydrogen (secondary N) is 2. The lowest BCUT2D eigenvalue weighted by atomic mass is 10.1. The number of carbonyl (C=O) groups is 2. The van der Waals surface area contributed by atoms with Gasteiger partial charge >= 0.3 is 0 Å². The van der Waals surface area contributed by atoms with Crippen molar-refractivity contribution >= 4 is 52.2 Å². The Labute approximate surface area is 207 Å². The lowest BCUT2D eigenvalue weighted by Crippen LogP contribution is -2.23. The fourth-order valence-corrected chi connectivity index (χ4v) is 3.92. The summed E-state index contributed by atoms with van der Waals surface area (Å²) in [6.45, 7) is 1.63. The Bertz CT molecular complexity index is 1260. The molecule has 0 unspecified atom stereocenters. The van der Waals surface area contributed by atoms with Gasteiger partial charge in [0.05, 0.1) is 24.9 Å². The van der Waals surface area contributed by atoms with Crippen LogP contribution in [0.3, 0.4) is 0 Å². The molecule has 1 heterocycles. The van der Waals surface area contributed by atoms with Gasteiger partial charge in [-0.3, -0.25) is 14.6 Å². The van der Waals surface area contributed by atoms with E-state index in [1.165, 1.54) is 19.2 Å². The van der Waals surface area contributed by atoms with Crippen LogP contribution in [-0.2, 0) is 0 Å². The predicted octanol–water partition coefficient (Wildman–Crippen LogP) is 5.20. The fourth-order valence-electron chi connectivity index (χ4n) is 3.58. The van der Waals surface area contributed by atoms with Crippen molar-refractivity contribution in [3.63, 3.8) is 0 Å². The van der Waals surface area contributed by atoms with E-state index in [-0.39, 0.29) is 17.0 Å². The van der Waals surface area contributed by atoms with Crippen molar-refractivity contribution < 1.29 is 14.3 Å². The number of hydrogen-bond acceptors (Lipinski definition) is 5. The number of likely N-dealkylation sites (N-methyl/N-ethyl adjacent to an activating group) is 1. The summed E-state index contributed by atoms with van der Waals surface area (Å²) in [7, 11) is 3.42. The van der Waals surface area contributed by atoms with Crippen LogP contribution in [-0.4, -0.2) is 49.8 Å². The highest BCUT2D eigenvalue weighted by atomic mass is 35.5. The van der Waals surface area contributed by atoms with E-state index >= 15 is 0 Å². The van der Waals surface area contributed by atoms with Gasteiger partial charge in [0, 0.05) is 46.5 Å². The average Bonchev–Trinajstić information content (AvgIpc) is 3.27. The predicted molar refractivity (Wildman–Crippen MR) is 136 cm³/mol. The third-order valence-electron chi connectivity index (χ3n) is 5.34. The second-order valence-corrected chi connectivity index (χ2v) is 8.52. The van der Waals surface area contributed by atoms with E-state index in [1.54, 1.807) is 36.4 Å². The molecule has 0 radical (unpaired) electrons. The Morgan fingerprint density at radius 1 is 0.941 bits per heavy atom. The Hall–Kier alpha value is -3.55. The molecule has 0 aliphatic carbocycles. The van der Waals surface area contributed by atoms with E-state index in [2.05, 4.69) is 20.5 Å². The van der Waals surface area contributed by atoms with Crippen molar-refractivity contribution in [1.82, 2.24) is 4.90 Å². The number of nitrogens with zero attached hydrogens (tertiary/aromatic N) is 2. The third-order valence-corrected chi connectivity index (χ3v) is 5.81. The SMILES string of the molecule is COc1cc(Cl)cc(C(=O)Nc2ccc(Cl)cc2)c1NC(=O)c1ccc(C2=NCCN2C)cc1. The number of rotatable bonds is 6. The highest BCUT2D eigenvalue weighted by Crippen LogP contribution is 2.33. The monoisotopic (exact) mass is 496 g/mol. The maximum absolute atomic E-state index is 13.1. The number of halogens is 2. The molecule has 2 amide bonds. The van der Waals surface area contributed by atoms with Gasteiger partial charge in [0.1, 0.15) is 11.6 Å². The number of aliphatic imine (C=N–C) groups is 1. The van der Waals surface area contributed by atoms with Crippen molar-refractivity contribution in [2.75, 3.05) is 37.9 Å². The summed E-state index contributed by atoms with van der Waals surface area (Å²) in [5, 5.41) is 6.42. The topological polar surface area (TPSA) is 83.0 Å². The molecule has 0 bridgehead atoms. The normalized spacial score (nSPS) is 12.8. The molecular weight excluding hydrogens is 475 g/mol. The maximum Gasteiger partial charge on any atom is 0.257 e. The number of amides is 2. The minimum Gasteiger partial charge on any atom is -0.494 e. The highest BCUT2D eigenvalue weighted by molar-refractivity contribution is 6.32. The van der Waals surface area contributed by atoms with Crippen LogP contribution in [0.25, 0.3) is 0 Å². The van der Waals surface area contributed by atoms with E-state index < -0.39 is 11.8 Å². The molecule has 3 aromatic carbocycles. The van der Waals surface area contributed by atoms with Gasteiger partial charge in [0.15, 0.2) is 0 Å². The first-order valence-corrected chi connectivity index (χ1v) is 11.2. The van der Waals surface area contributed by atoms with Crippen LogP contribution < -0.4 is 15.4 Å². The molecule has 7 nitrogen and oxygen atoms in total. The molecule has 0 atom stereocenters. The van der Waals surface area contributed by atoms with E-state index in [1.807, 2.05) is 19.2 Å². The molecule has 34 heavy (non-hydrogen) atoms. The molecule has 0 spiro atoms. The van der Waals surface area contributed by atoms with Crippen molar-refractivity contribution in [3.05, 3.63) is 87.4 Å². The van der Waals surface area contributed by atoms with Crippen LogP contribution in [0.15, 0.2) is 65.7 Å². The van der Waals surface area contributed by atoms with Gasteiger partial charge in [0.25, 0.3) is 11.8 Å². The average molecular weight is 497 g/mol. The van der Waals surface area contributed by atoms with Crippen LogP contribution in [0.2, 0.25) is 10.0 Å². The first-order chi connectivity index (χ1) is 16.4. The van der Waals surface area contributed by atoms with Gasteiger partial charge in [-0.05, 0) is 42.5 Å². The molecule has 2 N–H and O–H groups in total. The fraction of sp³-hybridized carbons (Fsp3) is 0.160. The van der Waals surface area contributed by atoms with Gasteiger partial charge in [-0.2, -0.15) is 0 Å². The number of carbonyl (C=O) groups excluding carboxylic acids is 2. The highest BCUT2D eigenvalue weighted by Gasteiger charge is 2.21. The first kappa shape index (κ1) is 23.6. The zero-order valence-corrected chi connectivity index (χ0v) is 20.1. The molecule has 1 aliphatic heterocycles. The minimum absolute atomic E-state index is 0.159. The molecule has 3 aromatic rings. The van der Waals surface area contributed by atoms with Crippen molar-refractivity contribution in [2.45, 2.75) is 0 Å². The summed E-state index contributed by atoms with van der Waals surface area (Å²) in [4.78, 5) is 32.7. The van der Waals surface area contributed by atoms with E-state index in [9.17, 15) is 9.59 Å². The van der Waals surface area contributed by atoms with E-state index in [4.69, 9.17) is 27.9 Å². The third kappa shape index (κ3) is 5.16. The zero-order valence-electron chi connectivity index (χ0n) is 18.6. The molecule has 0 saturated carbocycles. The number of hydrogen-bond donors (Lipinski definition) is 2. The zero-order chi connectivity index (χ0) is 24.2. The summed E-state index contributed by atoms with van der Waals surface area (Å²) in [6, 6.07) is 16.8. The molecule has 174 valence electrons. The van der Waals surface area contributed by atoms with E-state index in [0.717, 1.165) is 24.5 Å². The second kappa shape index (κ2) is 10.2. The number of anilines is 2. The van der Waals surface area contributed by atoms with Crippen LogP contribution >= 0.6 is 23.2 Å². The number of ether oxygens (including phenoxy) is 1. The standard InChI is InChI=1S/C25H22Cl2N4O3/c1-31-12-11-28-23(31)15-3-5-16(6-4-15)24(32)30-22-20(13-18(27)14-21(22)34-2)25(33)29-19-9-7-17(26)8-10-19/h3-10,13-14H,11-12H2,1-2H3,(H,29,33)(H,30,32). The van der Waals surface area contributed by atoms with Crippen LogP contribution in [0, 0.1) is 0 Å². The largest absolute Gasteiger partial charge is 0.494 e. The van der Waals surface area contributed by atoms with Gasteiger partial charge < -0.3 is 20.3 Å². The van der Waals surface area contributed by atoms with Gasteiger partial charge in [-0.15, -0.1) is 0 Å². The number of amidine groups is 1.